The molecule has 0 aliphatic heterocycles. The van der Waals surface area contributed by atoms with Gasteiger partial charge in [0.05, 0.1) is 18.0 Å². The van der Waals surface area contributed by atoms with Crippen molar-refractivity contribution in [3.05, 3.63) is 63.8 Å². The second-order valence-corrected chi connectivity index (χ2v) is 9.19. The molecule has 2 amide bonds. The van der Waals surface area contributed by atoms with E-state index < -0.39 is 29.5 Å². The third-order valence-electron chi connectivity index (χ3n) is 5.26. The van der Waals surface area contributed by atoms with Crippen LogP contribution >= 0.6 is 11.3 Å². The van der Waals surface area contributed by atoms with Crippen LogP contribution in [0, 0.1) is 11.6 Å². The lowest BCUT2D eigenvalue weighted by atomic mass is 10.1. The maximum absolute atomic E-state index is 13.4. The number of nitrogens with one attached hydrogen (secondary N) is 3. The van der Waals surface area contributed by atoms with Crippen molar-refractivity contribution in [3.8, 4) is 0 Å². The van der Waals surface area contributed by atoms with Gasteiger partial charge in [-0.2, -0.15) is 0 Å². The molecular weight excluding hydrogens is 476 g/mol. The van der Waals surface area contributed by atoms with Gasteiger partial charge in [-0.1, -0.05) is 18.5 Å². The second kappa shape index (κ2) is 13.1. The van der Waals surface area contributed by atoms with Gasteiger partial charge in [0.1, 0.15) is 17.7 Å². The number of aryl methyl sites for hydroxylation is 1. The van der Waals surface area contributed by atoms with Gasteiger partial charge in [0.25, 0.3) is 0 Å². The molecule has 2 atom stereocenters. The number of anilines is 1. The van der Waals surface area contributed by atoms with Crippen LogP contribution in [0.15, 0.2) is 40.5 Å². The van der Waals surface area contributed by atoms with E-state index in [0.717, 1.165) is 37.6 Å². The summed E-state index contributed by atoms with van der Waals surface area (Å²) in [4.78, 5) is 30.4. The molecule has 11 heteroatoms. The van der Waals surface area contributed by atoms with Gasteiger partial charge in [-0.3, -0.25) is 14.6 Å². The van der Waals surface area contributed by atoms with E-state index in [-0.39, 0.29) is 23.8 Å². The van der Waals surface area contributed by atoms with E-state index >= 15 is 0 Å². The van der Waals surface area contributed by atoms with Crippen LogP contribution in [0.2, 0.25) is 0 Å². The van der Waals surface area contributed by atoms with Crippen LogP contribution in [-0.2, 0) is 22.4 Å². The summed E-state index contributed by atoms with van der Waals surface area (Å²) >= 11 is 1.63. The summed E-state index contributed by atoms with van der Waals surface area (Å²) in [5, 5.41) is 12.6. The average molecular weight is 506 g/mol. The summed E-state index contributed by atoms with van der Waals surface area (Å²) < 4.78 is 32.1. The highest BCUT2D eigenvalue weighted by Gasteiger charge is 2.22. The summed E-state index contributed by atoms with van der Waals surface area (Å²) in [7, 11) is 0. The van der Waals surface area contributed by atoms with Crippen molar-refractivity contribution >= 4 is 29.0 Å². The number of aromatic nitrogens is 2. The van der Waals surface area contributed by atoms with Gasteiger partial charge in [0, 0.05) is 23.2 Å². The van der Waals surface area contributed by atoms with Crippen molar-refractivity contribution in [2.45, 2.75) is 58.0 Å². The Hall–Kier alpha value is -3.18. The van der Waals surface area contributed by atoms with Gasteiger partial charge in [-0.05, 0) is 50.4 Å². The van der Waals surface area contributed by atoms with Crippen LogP contribution in [0.5, 0.6) is 0 Å². The maximum Gasteiger partial charge on any atom is 0.248 e. The first-order valence-corrected chi connectivity index (χ1v) is 12.3. The lowest BCUT2D eigenvalue weighted by Gasteiger charge is -2.17. The SMILES string of the molecule is CCCC(NC(=O)Cc1cc(F)cc(F)c1)C(=O)Nc1cc(C(C)NCCCc2cncs2)on1. The number of nitrogens with zero attached hydrogens (tertiary/aromatic N) is 2. The quantitative estimate of drug-likeness (QED) is 0.301. The standard InChI is InChI=1S/C24H29F2N5O3S/c1-3-5-20(29-23(32)10-16-8-17(25)11-18(26)9-16)24(33)30-22-12-21(34-31-22)15(2)28-7-4-6-19-13-27-14-35-19/h8-9,11-15,20,28H,3-7,10H2,1-2H3,(H,29,32)(H,30,31,33). The van der Waals surface area contributed by atoms with Gasteiger partial charge >= 0.3 is 0 Å². The summed E-state index contributed by atoms with van der Waals surface area (Å²) in [6.07, 6.45) is 4.54. The molecule has 0 spiro atoms. The number of benzene rings is 1. The Morgan fingerprint density at radius 2 is 1.94 bits per heavy atom. The largest absolute Gasteiger partial charge is 0.358 e. The van der Waals surface area contributed by atoms with Crippen LogP contribution < -0.4 is 16.0 Å². The summed E-state index contributed by atoms with van der Waals surface area (Å²) in [6.45, 7) is 4.60. The Morgan fingerprint density at radius 3 is 2.63 bits per heavy atom. The fourth-order valence-corrected chi connectivity index (χ4v) is 4.16. The molecule has 0 aliphatic rings. The molecule has 2 unspecified atom stereocenters. The molecule has 8 nitrogen and oxygen atoms in total. The van der Waals surface area contributed by atoms with Crippen LogP contribution in [-0.4, -0.2) is 34.5 Å². The first kappa shape index (κ1) is 26.4. The maximum atomic E-state index is 13.4. The highest BCUT2D eigenvalue weighted by atomic mass is 32.1. The van der Waals surface area contributed by atoms with E-state index in [2.05, 4.69) is 26.1 Å². The van der Waals surface area contributed by atoms with Crippen LogP contribution in [0.4, 0.5) is 14.6 Å². The molecule has 0 saturated heterocycles. The minimum Gasteiger partial charge on any atom is -0.358 e. The normalized spacial score (nSPS) is 12.8. The zero-order valence-corrected chi connectivity index (χ0v) is 20.5. The molecule has 3 rings (SSSR count). The van der Waals surface area contributed by atoms with Gasteiger partial charge in [-0.25, -0.2) is 8.78 Å². The number of rotatable bonds is 13. The predicted molar refractivity (Wildman–Crippen MR) is 129 cm³/mol. The fourth-order valence-electron chi connectivity index (χ4n) is 3.51. The van der Waals surface area contributed by atoms with E-state index in [1.165, 1.54) is 4.88 Å². The highest BCUT2D eigenvalue weighted by molar-refractivity contribution is 7.09. The third kappa shape index (κ3) is 8.52. The smallest absolute Gasteiger partial charge is 0.248 e. The van der Waals surface area contributed by atoms with Crippen LogP contribution in [0.1, 0.15) is 55.4 Å². The van der Waals surface area contributed by atoms with E-state index in [1.807, 2.05) is 25.6 Å². The summed E-state index contributed by atoms with van der Waals surface area (Å²) in [5.74, 6) is -1.67. The highest BCUT2D eigenvalue weighted by Crippen LogP contribution is 2.18. The zero-order valence-electron chi connectivity index (χ0n) is 19.6. The van der Waals surface area contributed by atoms with E-state index in [0.29, 0.717) is 18.6 Å². The Kier molecular flexibility index (Phi) is 9.86. The average Bonchev–Trinajstić information content (AvgIpc) is 3.48. The number of amides is 2. The molecule has 1 aromatic carbocycles. The number of hydrogen-bond donors (Lipinski definition) is 3. The summed E-state index contributed by atoms with van der Waals surface area (Å²) in [6, 6.07) is 3.62. The van der Waals surface area contributed by atoms with Gasteiger partial charge in [0.15, 0.2) is 11.6 Å². The van der Waals surface area contributed by atoms with E-state index in [4.69, 9.17) is 4.52 Å². The Morgan fingerprint density at radius 1 is 1.17 bits per heavy atom. The van der Waals surface area contributed by atoms with E-state index in [1.54, 1.807) is 17.4 Å². The van der Waals surface area contributed by atoms with E-state index in [9.17, 15) is 18.4 Å². The molecular formula is C24H29F2N5O3S. The first-order valence-electron chi connectivity index (χ1n) is 11.5. The topological polar surface area (TPSA) is 109 Å². The van der Waals surface area contributed by atoms with Gasteiger partial charge in [-0.15, -0.1) is 11.3 Å². The Balaban J connectivity index is 1.49. The second-order valence-electron chi connectivity index (χ2n) is 8.21. The minimum absolute atomic E-state index is 0.104. The van der Waals surface area contributed by atoms with Crippen molar-refractivity contribution in [2.75, 3.05) is 11.9 Å². The van der Waals surface area contributed by atoms with Gasteiger partial charge < -0.3 is 20.5 Å². The molecule has 2 aromatic heterocycles. The minimum atomic E-state index is -0.826. The molecule has 188 valence electrons. The third-order valence-corrected chi connectivity index (χ3v) is 6.10. The Labute approximate surface area is 206 Å². The molecule has 3 aromatic rings. The molecule has 0 radical (unpaired) electrons. The molecule has 0 bridgehead atoms. The van der Waals surface area contributed by atoms with Crippen molar-refractivity contribution < 1.29 is 22.9 Å². The fraction of sp³-hybridized carbons (Fsp3) is 0.417. The number of carbonyl (C=O) groups excluding carboxylic acids is 2. The number of thiazole rings is 1. The van der Waals surface area contributed by atoms with Crippen molar-refractivity contribution in [3.63, 3.8) is 0 Å². The predicted octanol–water partition coefficient (Wildman–Crippen LogP) is 4.16. The first-order chi connectivity index (χ1) is 16.8. The monoisotopic (exact) mass is 505 g/mol. The van der Waals surface area contributed by atoms with Crippen LogP contribution in [0.3, 0.4) is 0 Å². The molecule has 35 heavy (non-hydrogen) atoms. The molecule has 0 saturated carbocycles. The Bertz CT molecular complexity index is 1090. The molecule has 2 heterocycles. The van der Waals surface area contributed by atoms with Gasteiger partial charge in [0.2, 0.25) is 11.8 Å². The number of hydrogen-bond acceptors (Lipinski definition) is 7. The van der Waals surface area contributed by atoms with Crippen molar-refractivity contribution in [1.29, 1.82) is 0 Å². The van der Waals surface area contributed by atoms with Crippen molar-refractivity contribution in [2.24, 2.45) is 0 Å². The molecule has 0 fully saturated rings. The lowest BCUT2D eigenvalue weighted by molar-refractivity contribution is -0.126. The lowest BCUT2D eigenvalue weighted by Crippen LogP contribution is -2.44. The number of carbonyl (C=O) groups is 2. The summed E-state index contributed by atoms with van der Waals surface area (Å²) in [5.41, 5.74) is 2.00. The number of halogens is 2. The van der Waals surface area contributed by atoms with Crippen LogP contribution in [0.25, 0.3) is 0 Å². The van der Waals surface area contributed by atoms with Crippen molar-refractivity contribution in [1.82, 2.24) is 20.8 Å². The molecule has 3 N–H and O–H groups in total. The zero-order chi connectivity index (χ0) is 25.2. The molecule has 0 aliphatic carbocycles.